The average molecular weight is 221 g/mol. The van der Waals surface area contributed by atoms with E-state index in [1.54, 1.807) is 0 Å². The van der Waals surface area contributed by atoms with Crippen LogP contribution in [0.4, 0.5) is 0 Å². The number of nitrogens with one attached hydrogen (secondary N) is 1. The molecule has 1 unspecified atom stereocenters. The smallest absolute Gasteiger partial charge is 0.110 e. The highest BCUT2D eigenvalue weighted by Gasteiger charge is 2.19. The zero-order valence-corrected chi connectivity index (χ0v) is 10.2. The van der Waals surface area contributed by atoms with Gasteiger partial charge in [-0.15, -0.1) is 0 Å². The van der Waals surface area contributed by atoms with Crippen LogP contribution in [0.2, 0.25) is 0 Å². The molecule has 0 amide bonds. The van der Waals surface area contributed by atoms with Crippen LogP contribution in [0.5, 0.6) is 0 Å². The minimum Gasteiger partial charge on any atom is -0.345 e. The van der Waals surface area contributed by atoms with Crippen LogP contribution in [0.3, 0.4) is 0 Å². The van der Waals surface area contributed by atoms with Crippen LogP contribution in [0.1, 0.15) is 68.8 Å². The van der Waals surface area contributed by atoms with Gasteiger partial charge in [-0.1, -0.05) is 26.2 Å². The summed E-state index contributed by atoms with van der Waals surface area (Å²) in [6.45, 7) is 2.86. The Hall–Kier alpha value is -0.830. The highest BCUT2D eigenvalue weighted by Crippen LogP contribution is 2.32. The van der Waals surface area contributed by atoms with E-state index in [-0.39, 0.29) is 0 Å². The third-order valence-electron chi connectivity index (χ3n) is 3.82. The predicted molar refractivity (Wildman–Crippen MR) is 66.5 cm³/mol. The molecule has 90 valence electrons. The number of hydrogen-bond acceptors (Lipinski definition) is 2. The minimum atomic E-state index is 0.400. The largest absolute Gasteiger partial charge is 0.345 e. The van der Waals surface area contributed by atoms with Crippen molar-refractivity contribution in [1.29, 1.82) is 0 Å². The summed E-state index contributed by atoms with van der Waals surface area (Å²) >= 11 is 0. The van der Waals surface area contributed by atoms with Gasteiger partial charge in [-0.2, -0.15) is 0 Å². The maximum atomic E-state index is 5.74. The Bertz CT molecular complexity index is 309. The van der Waals surface area contributed by atoms with E-state index in [2.05, 4.69) is 16.9 Å². The molecule has 1 aliphatic rings. The fourth-order valence-electron chi connectivity index (χ4n) is 2.65. The normalized spacial score (nSPS) is 19.9. The molecule has 1 saturated carbocycles. The number of hydrogen-bond donors (Lipinski definition) is 2. The van der Waals surface area contributed by atoms with Gasteiger partial charge in [0.15, 0.2) is 0 Å². The van der Waals surface area contributed by atoms with Crippen molar-refractivity contribution in [1.82, 2.24) is 9.97 Å². The molecule has 0 bridgehead atoms. The molecule has 1 fully saturated rings. The first-order valence-electron chi connectivity index (χ1n) is 6.60. The van der Waals surface area contributed by atoms with E-state index < -0.39 is 0 Å². The van der Waals surface area contributed by atoms with E-state index in [9.17, 15) is 0 Å². The molecule has 0 spiro atoms. The highest BCUT2D eigenvalue weighted by molar-refractivity contribution is 5.11. The molecule has 3 N–H and O–H groups in total. The van der Waals surface area contributed by atoms with E-state index in [4.69, 9.17) is 5.73 Å². The third kappa shape index (κ3) is 2.46. The first-order chi connectivity index (χ1) is 7.85. The lowest BCUT2D eigenvalue weighted by Crippen LogP contribution is -2.13. The molecular formula is C13H23N3. The van der Waals surface area contributed by atoms with Gasteiger partial charge < -0.3 is 10.7 Å². The first kappa shape index (κ1) is 11.6. The summed E-state index contributed by atoms with van der Waals surface area (Å²) < 4.78 is 0. The van der Waals surface area contributed by atoms with Gasteiger partial charge in [0, 0.05) is 30.3 Å². The van der Waals surface area contributed by atoms with Gasteiger partial charge in [0.1, 0.15) is 5.82 Å². The predicted octanol–water partition coefficient (Wildman–Crippen LogP) is 2.91. The van der Waals surface area contributed by atoms with Gasteiger partial charge in [0.2, 0.25) is 0 Å². The van der Waals surface area contributed by atoms with Crippen molar-refractivity contribution >= 4 is 0 Å². The number of nitrogens with two attached hydrogens (primary N) is 1. The Labute approximate surface area is 97.8 Å². The molecule has 0 saturated heterocycles. The van der Waals surface area contributed by atoms with Crippen molar-refractivity contribution in [2.75, 3.05) is 6.54 Å². The van der Waals surface area contributed by atoms with Crippen molar-refractivity contribution in [2.45, 2.75) is 57.3 Å². The monoisotopic (exact) mass is 221 g/mol. The van der Waals surface area contributed by atoms with E-state index in [0.29, 0.717) is 18.4 Å². The van der Waals surface area contributed by atoms with E-state index in [1.165, 1.54) is 37.8 Å². The maximum Gasteiger partial charge on any atom is 0.110 e. The van der Waals surface area contributed by atoms with Crippen molar-refractivity contribution in [3.63, 3.8) is 0 Å². The molecular weight excluding hydrogens is 198 g/mol. The van der Waals surface area contributed by atoms with Crippen molar-refractivity contribution in [3.05, 3.63) is 17.7 Å². The Kier molecular flexibility index (Phi) is 3.99. The van der Waals surface area contributed by atoms with Crippen molar-refractivity contribution in [3.8, 4) is 0 Å². The molecule has 1 aliphatic carbocycles. The van der Waals surface area contributed by atoms with Crippen LogP contribution >= 0.6 is 0 Å². The van der Waals surface area contributed by atoms with Gasteiger partial charge in [-0.25, -0.2) is 4.98 Å². The summed E-state index contributed by atoms with van der Waals surface area (Å²) in [6.07, 6.45) is 9.87. The Morgan fingerprint density at radius 3 is 2.81 bits per heavy atom. The molecule has 1 heterocycles. The Morgan fingerprint density at radius 1 is 1.44 bits per heavy atom. The van der Waals surface area contributed by atoms with Gasteiger partial charge in [-0.05, 0) is 19.3 Å². The molecule has 2 rings (SSSR count). The first-order valence-corrected chi connectivity index (χ1v) is 6.60. The zero-order valence-electron chi connectivity index (χ0n) is 10.2. The average Bonchev–Trinajstić information content (AvgIpc) is 2.81. The van der Waals surface area contributed by atoms with Gasteiger partial charge >= 0.3 is 0 Å². The maximum absolute atomic E-state index is 5.74. The molecule has 1 aromatic rings. The standard InChI is InChI=1S/C13H23N3/c1-2-10(8-14)13-15-9-12(16-13)11-6-4-3-5-7-11/h9-11H,2-8,14H2,1H3,(H,15,16). The number of imidazole rings is 1. The summed E-state index contributed by atoms with van der Waals surface area (Å²) in [5.74, 6) is 2.20. The lowest BCUT2D eigenvalue weighted by molar-refractivity contribution is 0.437. The molecule has 16 heavy (non-hydrogen) atoms. The molecule has 1 aromatic heterocycles. The van der Waals surface area contributed by atoms with Gasteiger partial charge in [0.25, 0.3) is 0 Å². The summed E-state index contributed by atoms with van der Waals surface area (Å²) in [5.41, 5.74) is 7.08. The zero-order chi connectivity index (χ0) is 11.4. The summed E-state index contributed by atoms with van der Waals surface area (Å²) in [7, 11) is 0. The van der Waals surface area contributed by atoms with Crippen molar-refractivity contribution in [2.24, 2.45) is 5.73 Å². The van der Waals surface area contributed by atoms with Crippen LogP contribution in [-0.4, -0.2) is 16.5 Å². The second-order valence-electron chi connectivity index (χ2n) is 4.90. The number of rotatable bonds is 4. The number of nitrogens with zero attached hydrogens (tertiary/aromatic N) is 1. The Balaban J connectivity index is 2.05. The topological polar surface area (TPSA) is 54.7 Å². The second-order valence-corrected chi connectivity index (χ2v) is 4.90. The van der Waals surface area contributed by atoms with E-state index in [1.807, 2.05) is 6.20 Å². The van der Waals surface area contributed by atoms with Gasteiger partial charge in [0.05, 0.1) is 0 Å². The number of aromatic amines is 1. The summed E-state index contributed by atoms with van der Waals surface area (Å²) in [5, 5.41) is 0. The molecule has 3 nitrogen and oxygen atoms in total. The van der Waals surface area contributed by atoms with E-state index >= 15 is 0 Å². The third-order valence-corrected chi connectivity index (χ3v) is 3.82. The van der Waals surface area contributed by atoms with Crippen LogP contribution in [0, 0.1) is 0 Å². The van der Waals surface area contributed by atoms with Crippen LogP contribution in [-0.2, 0) is 0 Å². The van der Waals surface area contributed by atoms with Crippen LogP contribution in [0.15, 0.2) is 6.20 Å². The quantitative estimate of drug-likeness (QED) is 0.821. The molecule has 0 radical (unpaired) electrons. The Morgan fingerprint density at radius 2 is 2.19 bits per heavy atom. The lowest BCUT2D eigenvalue weighted by atomic mass is 9.87. The van der Waals surface area contributed by atoms with Gasteiger partial charge in [-0.3, -0.25) is 0 Å². The lowest BCUT2D eigenvalue weighted by Gasteiger charge is -2.20. The van der Waals surface area contributed by atoms with E-state index in [0.717, 1.165) is 12.2 Å². The second kappa shape index (κ2) is 5.48. The number of H-pyrrole nitrogens is 1. The summed E-state index contributed by atoms with van der Waals surface area (Å²) in [6, 6.07) is 0. The van der Waals surface area contributed by atoms with Crippen LogP contribution in [0.25, 0.3) is 0 Å². The van der Waals surface area contributed by atoms with Crippen LogP contribution < -0.4 is 5.73 Å². The molecule has 1 atom stereocenters. The SMILES string of the molecule is CCC(CN)c1ncc(C2CCCCC2)[nH]1. The minimum absolute atomic E-state index is 0.400. The fraction of sp³-hybridized carbons (Fsp3) is 0.769. The number of aromatic nitrogens is 2. The molecule has 0 aromatic carbocycles. The summed E-state index contributed by atoms with van der Waals surface area (Å²) in [4.78, 5) is 7.99. The molecule has 0 aliphatic heterocycles. The highest BCUT2D eigenvalue weighted by atomic mass is 14.9. The fourth-order valence-corrected chi connectivity index (χ4v) is 2.65. The molecule has 3 heteroatoms. The van der Waals surface area contributed by atoms with Crippen molar-refractivity contribution < 1.29 is 0 Å².